The van der Waals surface area contributed by atoms with E-state index in [-0.39, 0.29) is 48.5 Å². The van der Waals surface area contributed by atoms with Gasteiger partial charge in [0.2, 0.25) is 0 Å². The summed E-state index contributed by atoms with van der Waals surface area (Å²) in [7, 11) is 3.27. The van der Waals surface area contributed by atoms with Crippen molar-refractivity contribution < 1.29 is 28.6 Å². The Balaban J connectivity index is 1.65. The summed E-state index contributed by atoms with van der Waals surface area (Å²) in [6.45, 7) is 5.58. The lowest BCUT2D eigenvalue weighted by Crippen LogP contribution is -2.50. The number of nitrogens with one attached hydrogen (secondary N) is 2. The van der Waals surface area contributed by atoms with Gasteiger partial charge in [-0.1, -0.05) is 13.0 Å². The summed E-state index contributed by atoms with van der Waals surface area (Å²) in [5, 5.41) is 19.7. The maximum atomic E-state index is 13.7. The van der Waals surface area contributed by atoms with Gasteiger partial charge < -0.3 is 30.3 Å². The number of aryl methyl sites for hydroxylation is 2. The highest BCUT2D eigenvalue weighted by molar-refractivity contribution is 6.06. The predicted molar refractivity (Wildman–Crippen MR) is 152 cm³/mol. The molecular formula is C29H35FN6O5. The summed E-state index contributed by atoms with van der Waals surface area (Å²) in [6.07, 6.45) is -0.601. The van der Waals surface area contributed by atoms with E-state index in [2.05, 4.69) is 15.7 Å². The van der Waals surface area contributed by atoms with Crippen LogP contribution in [0.3, 0.4) is 0 Å². The van der Waals surface area contributed by atoms with Gasteiger partial charge in [-0.25, -0.2) is 9.18 Å². The summed E-state index contributed by atoms with van der Waals surface area (Å²) in [6, 6.07) is 11.1. The van der Waals surface area contributed by atoms with E-state index >= 15 is 0 Å². The molecule has 0 fully saturated rings. The summed E-state index contributed by atoms with van der Waals surface area (Å²) < 4.78 is 21.2. The molecule has 2 heterocycles. The van der Waals surface area contributed by atoms with Crippen molar-refractivity contribution in [3.63, 3.8) is 0 Å². The molecular weight excluding hydrogens is 531 g/mol. The molecule has 0 radical (unpaired) electrons. The molecule has 1 aliphatic heterocycles. The lowest BCUT2D eigenvalue weighted by atomic mass is 9.99. The third kappa shape index (κ3) is 6.65. The SMILES string of the molecule is Cc1cc(C(=O)Nc2cccc3c2O[C@@H](CN(C)C(=O)Nc2ccc(F)cc2)[C@@H](C)CN([C@H](C)CO)C3=O)n(C)n1. The molecule has 0 bridgehead atoms. The molecule has 12 heteroatoms. The number of benzene rings is 2. The Morgan fingerprint density at radius 1 is 1.22 bits per heavy atom. The molecule has 3 N–H and O–H groups in total. The second-order valence-electron chi connectivity index (χ2n) is 10.4. The number of halogens is 1. The standard InChI is InChI=1S/C29H35FN6O5/c1-17-14-36(19(3)16-37)28(39)22-7-6-8-23(32-27(38)24-13-18(2)33-35(24)5)26(22)41-25(17)15-34(4)29(40)31-21-11-9-20(30)10-12-21/h6-13,17,19,25,37H,14-16H2,1-5H3,(H,31,40)(H,32,38)/t17-,19+,25-/m0/s1. The van der Waals surface area contributed by atoms with Crippen LogP contribution in [0.5, 0.6) is 5.75 Å². The largest absolute Gasteiger partial charge is 0.485 e. The minimum absolute atomic E-state index is 0.131. The Labute approximate surface area is 237 Å². The molecule has 1 aliphatic rings. The Morgan fingerprint density at radius 2 is 1.93 bits per heavy atom. The van der Waals surface area contributed by atoms with Crippen molar-refractivity contribution in [1.82, 2.24) is 19.6 Å². The first-order chi connectivity index (χ1) is 19.5. The number of carbonyl (C=O) groups excluding carboxylic acids is 3. The topological polar surface area (TPSA) is 129 Å². The lowest BCUT2D eigenvalue weighted by Gasteiger charge is -2.38. The van der Waals surface area contributed by atoms with Gasteiger partial charge in [0, 0.05) is 32.2 Å². The average molecular weight is 567 g/mol. The number of anilines is 2. The van der Waals surface area contributed by atoms with E-state index in [0.717, 1.165) is 0 Å². The number of rotatable bonds is 7. The molecule has 3 aromatic rings. The second kappa shape index (κ2) is 12.4. The molecule has 0 spiro atoms. The zero-order valence-electron chi connectivity index (χ0n) is 23.7. The summed E-state index contributed by atoms with van der Waals surface area (Å²) >= 11 is 0. The molecule has 2 aromatic carbocycles. The number of carbonyl (C=O) groups is 3. The normalized spacial score (nSPS) is 17.5. The Hall–Kier alpha value is -4.45. The number of hydrogen-bond acceptors (Lipinski definition) is 6. The molecule has 0 aliphatic carbocycles. The maximum absolute atomic E-state index is 13.7. The number of ether oxygens (including phenoxy) is 1. The van der Waals surface area contributed by atoms with E-state index < -0.39 is 29.9 Å². The zero-order valence-corrected chi connectivity index (χ0v) is 23.7. The number of urea groups is 1. The summed E-state index contributed by atoms with van der Waals surface area (Å²) in [5.41, 5.74) is 1.95. The van der Waals surface area contributed by atoms with Crippen molar-refractivity contribution in [3.8, 4) is 5.75 Å². The van der Waals surface area contributed by atoms with E-state index in [9.17, 15) is 23.9 Å². The van der Waals surface area contributed by atoms with Crippen LogP contribution in [-0.4, -0.2) is 81.4 Å². The highest BCUT2D eigenvalue weighted by atomic mass is 19.1. The van der Waals surface area contributed by atoms with Gasteiger partial charge >= 0.3 is 6.03 Å². The molecule has 0 saturated heterocycles. The van der Waals surface area contributed by atoms with Crippen LogP contribution in [0, 0.1) is 18.7 Å². The molecule has 0 saturated carbocycles. The molecule has 41 heavy (non-hydrogen) atoms. The van der Waals surface area contributed by atoms with Crippen LogP contribution in [0.15, 0.2) is 48.5 Å². The third-order valence-electron chi connectivity index (χ3n) is 7.07. The van der Waals surface area contributed by atoms with Crippen LogP contribution < -0.4 is 15.4 Å². The number of nitrogens with zero attached hydrogens (tertiary/aromatic N) is 4. The van der Waals surface area contributed by atoms with Crippen LogP contribution in [0.25, 0.3) is 0 Å². The number of para-hydroxylation sites is 1. The van der Waals surface area contributed by atoms with Crippen molar-refractivity contribution >= 4 is 29.2 Å². The number of aromatic nitrogens is 2. The number of hydrogen-bond donors (Lipinski definition) is 3. The predicted octanol–water partition coefficient (Wildman–Crippen LogP) is 3.50. The van der Waals surface area contributed by atoms with Crippen molar-refractivity contribution in [1.29, 1.82) is 0 Å². The fourth-order valence-corrected chi connectivity index (χ4v) is 4.67. The first-order valence-corrected chi connectivity index (χ1v) is 13.3. The van der Waals surface area contributed by atoms with Crippen molar-refractivity contribution in [2.24, 2.45) is 13.0 Å². The summed E-state index contributed by atoms with van der Waals surface area (Å²) in [5.74, 6) is -1.29. The van der Waals surface area contributed by atoms with Crippen LogP contribution in [0.4, 0.5) is 20.6 Å². The van der Waals surface area contributed by atoms with Gasteiger partial charge in [-0.15, -0.1) is 0 Å². The Kier molecular flexibility index (Phi) is 8.92. The van der Waals surface area contributed by atoms with Gasteiger partial charge in [-0.3, -0.25) is 14.3 Å². The van der Waals surface area contributed by atoms with Crippen molar-refractivity contribution in [3.05, 3.63) is 71.3 Å². The van der Waals surface area contributed by atoms with Gasteiger partial charge in [0.05, 0.1) is 36.1 Å². The van der Waals surface area contributed by atoms with E-state index in [1.54, 1.807) is 57.1 Å². The smallest absolute Gasteiger partial charge is 0.321 e. The molecule has 4 rings (SSSR count). The molecule has 0 unspecified atom stereocenters. The van der Waals surface area contributed by atoms with E-state index in [1.165, 1.54) is 33.8 Å². The first-order valence-electron chi connectivity index (χ1n) is 13.3. The highest BCUT2D eigenvalue weighted by Crippen LogP contribution is 2.35. The summed E-state index contributed by atoms with van der Waals surface area (Å²) in [4.78, 5) is 42.8. The first kappa shape index (κ1) is 29.5. The average Bonchev–Trinajstić information content (AvgIpc) is 3.29. The van der Waals surface area contributed by atoms with Gasteiger partial charge in [-0.05, 0) is 56.3 Å². The zero-order chi connectivity index (χ0) is 29.8. The lowest BCUT2D eigenvalue weighted by molar-refractivity contribution is 0.0372. The minimum Gasteiger partial charge on any atom is -0.485 e. The monoisotopic (exact) mass is 566 g/mol. The Morgan fingerprint density at radius 3 is 2.56 bits per heavy atom. The van der Waals surface area contributed by atoms with Crippen molar-refractivity contribution in [2.75, 3.05) is 37.4 Å². The quantitative estimate of drug-likeness (QED) is 0.402. The highest BCUT2D eigenvalue weighted by Gasteiger charge is 2.35. The van der Waals surface area contributed by atoms with E-state index in [4.69, 9.17) is 4.74 Å². The van der Waals surface area contributed by atoms with Gasteiger partial charge in [0.15, 0.2) is 5.75 Å². The Bertz CT molecular complexity index is 1430. The van der Waals surface area contributed by atoms with Crippen LogP contribution in [0.2, 0.25) is 0 Å². The second-order valence-corrected chi connectivity index (χ2v) is 10.4. The number of fused-ring (bicyclic) bond motifs is 1. The van der Waals surface area contributed by atoms with Crippen molar-refractivity contribution in [2.45, 2.75) is 32.9 Å². The number of likely N-dealkylation sites (N-methyl/N-ethyl adjacent to an activating group) is 1. The number of aliphatic hydroxyl groups excluding tert-OH is 1. The minimum atomic E-state index is -0.601. The van der Waals surface area contributed by atoms with Gasteiger partial charge in [0.25, 0.3) is 11.8 Å². The molecule has 3 atom stereocenters. The van der Waals surface area contributed by atoms with Crippen LogP contribution in [0.1, 0.15) is 40.4 Å². The van der Waals surface area contributed by atoms with Crippen LogP contribution in [-0.2, 0) is 7.05 Å². The van der Waals surface area contributed by atoms with Gasteiger partial charge in [0.1, 0.15) is 17.6 Å². The fourth-order valence-electron chi connectivity index (χ4n) is 4.67. The molecule has 4 amide bonds. The molecule has 1 aromatic heterocycles. The van der Waals surface area contributed by atoms with Gasteiger partial charge in [-0.2, -0.15) is 5.10 Å². The molecule has 11 nitrogen and oxygen atoms in total. The van der Waals surface area contributed by atoms with E-state index in [0.29, 0.717) is 17.1 Å². The number of amides is 4. The van der Waals surface area contributed by atoms with E-state index in [1.807, 2.05) is 6.92 Å². The van der Waals surface area contributed by atoms with Crippen LogP contribution >= 0.6 is 0 Å². The molecule has 218 valence electrons. The maximum Gasteiger partial charge on any atom is 0.321 e. The third-order valence-corrected chi connectivity index (χ3v) is 7.07. The fraction of sp³-hybridized carbons (Fsp3) is 0.379. The number of aliphatic hydroxyl groups is 1.